The highest BCUT2D eigenvalue weighted by Gasteiger charge is 2.35. The van der Waals surface area contributed by atoms with E-state index in [1.54, 1.807) is 0 Å². The van der Waals surface area contributed by atoms with Gasteiger partial charge in [0.2, 0.25) is 0 Å². The lowest BCUT2D eigenvalue weighted by Gasteiger charge is -2.44. The zero-order chi connectivity index (χ0) is 18.9. The third-order valence-corrected chi connectivity index (χ3v) is 6.60. The highest BCUT2D eigenvalue weighted by atomic mass is 16.5. The fourth-order valence-corrected chi connectivity index (χ4v) is 4.92. The highest BCUT2D eigenvalue weighted by Crippen LogP contribution is 2.28. The minimum absolute atomic E-state index is 0.0841. The Morgan fingerprint density at radius 2 is 2.04 bits per heavy atom. The first kappa shape index (κ1) is 17.9. The molecule has 0 aliphatic carbocycles. The number of piperidine rings is 3. The summed E-state index contributed by atoms with van der Waals surface area (Å²) in [6.07, 6.45) is 4.95. The van der Waals surface area contributed by atoms with Crippen LogP contribution in [0.15, 0.2) is 18.2 Å². The molecule has 4 saturated heterocycles. The van der Waals surface area contributed by atoms with E-state index >= 15 is 0 Å². The molecule has 4 aliphatic rings. The largest absolute Gasteiger partial charge is 0.492 e. The second kappa shape index (κ2) is 7.72. The molecule has 5 heterocycles. The number of hydrogen-bond acceptors (Lipinski definition) is 5. The van der Waals surface area contributed by atoms with Gasteiger partial charge in [-0.1, -0.05) is 0 Å². The number of fused-ring (bicyclic) bond motifs is 4. The summed E-state index contributed by atoms with van der Waals surface area (Å²) in [6.45, 7) is 7.27. The molecule has 2 aromatic rings. The molecule has 0 radical (unpaired) electrons. The van der Waals surface area contributed by atoms with Crippen LogP contribution in [0.5, 0.6) is 5.75 Å². The Kier molecular flexibility index (Phi) is 4.94. The number of rotatable bonds is 6. The lowest BCUT2D eigenvalue weighted by atomic mass is 9.84. The molecule has 0 unspecified atom stereocenters. The van der Waals surface area contributed by atoms with Crippen molar-refractivity contribution in [3.63, 3.8) is 0 Å². The Balaban J connectivity index is 1.25. The van der Waals surface area contributed by atoms with Crippen LogP contribution >= 0.6 is 0 Å². The summed E-state index contributed by atoms with van der Waals surface area (Å²) < 4.78 is 5.95. The summed E-state index contributed by atoms with van der Waals surface area (Å²) in [6, 6.07) is 6.06. The van der Waals surface area contributed by atoms with Gasteiger partial charge < -0.3 is 15.0 Å². The maximum Gasteiger partial charge on any atom is 0.272 e. The molecular formula is C21H29N5O2. The molecule has 4 aliphatic heterocycles. The van der Waals surface area contributed by atoms with Crippen LogP contribution in [0.25, 0.3) is 10.9 Å². The molecule has 2 bridgehead atoms. The van der Waals surface area contributed by atoms with Gasteiger partial charge >= 0.3 is 0 Å². The smallest absolute Gasteiger partial charge is 0.272 e. The summed E-state index contributed by atoms with van der Waals surface area (Å²) in [5.41, 5.74) is 1.34. The number of aromatic nitrogens is 2. The molecule has 150 valence electrons. The molecule has 1 amide bonds. The van der Waals surface area contributed by atoms with Crippen molar-refractivity contribution in [2.24, 2.45) is 5.92 Å². The monoisotopic (exact) mass is 383 g/mol. The zero-order valence-corrected chi connectivity index (χ0v) is 16.3. The lowest BCUT2D eigenvalue weighted by Crippen LogP contribution is -2.57. The van der Waals surface area contributed by atoms with E-state index in [4.69, 9.17) is 4.74 Å². The maximum absolute atomic E-state index is 12.9. The van der Waals surface area contributed by atoms with E-state index in [1.807, 2.05) is 18.2 Å². The fourth-order valence-electron chi connectivity index (χ4n) is 4.92. The molecule has 0 saturated carbocycles. The number of H-pyrrole nitrogens is 1. The first-order chi connectivity index (χ1) is 13.8. The predicted molar refractivity (Wildman–Crippen MR) is 108 cm³/mol. The summed E-state index contributed by atoms with van der Waals surface area (Å²) in [7, 11) is 0. The molecule has 1 atom stereocenters. The molecule has 28 heavy (non-hydrogen) atoms. The van der Waals surface area contributed by atoms with Crippen molar-refractivity contribution in [1.82, 2.24) is 25.3 Å². The number of aromatic amines is 1. The summed E-state index contributed by atoms with van der Waals surface area (Å²) in [5.74, 6) is 1.31. The van der Waals surface area contributed by atoms with E-state index in [9.17, 15) is 4.79 Å². The summed E-state index contributed by atoms with van der Waals surface area (Å²) >= 11 is 0. The topological polar surface area (TPSA) is 73.5 Å². The molecule has 7 nitrogen and oxygen atoms in total. The molecule has 4 fully saturated rings. The molecule has 0 spiro atoms. The van der Waals surface area contributed by atoms with Crippen LogP contribution in [0, 0.1) is 5.92 Å². The first-order valence-electron chi connectivity index (χ1n) is 10.6. The van der Waals surface area contributed by atoms with Gasteiger partial charge in [0.15, 0.2) is 5.69 Å². The quantitative estimate of drug-likeness (QED) is 0.797. The van der Waals surface area contributed by atoms with Gasteiger partial charge in [0, 0.05) is 24.5 Å². The second-order valence-electron chi connectivity index (χ2n) is 8.39. The highest BCUT2D eigenvalue weighted by molar-refractivity contribution is 6.05. The standard InChI is InChI=1S/C21H29N5O2/c27-21(22-19-14-26-9-5-15(19)6-10-26)20-17-13-16(3-4-18(17)23-24-20)28-12-11-25-7-1-2-8-25/h3-4,13,15,19H,1-2,5-12,14H2,(H,22,27)(H,23,24)/t19-/m1/s1. The van der Waals surface area contributed by atoms with Gasteiger partial charge in [-0.05, 0) is 76.0 Å². The van der Waals surface area contributed by atoms with E-state index in [1.165, 1.54) is 51.9 Å². The van der Waals surface area contributed by atoms with Crippen molar-refractivity contribution in [3.8, 4) is 5.75 Å². The maximum atomic E-state index is 12.9. The van der Waals surface area contributed by atoms with Gasteiger partial charge in [-0.2, -0.15) is 5.10 Å². The average Bonchev–Trinajstić information content (AvgIpc) is 3.38. The Labute approximate surface area is 165 Å². The van der Waals surface area contributed by atoms with Gasteiger partial charge in [-0.25, -0.2) is 0 Å². The van der Waals surface area contributed by atoms with Gasteiger partial charge in [-0.3, -0.25) is 14.8 Å². The SMILES string of the molecule is O=C(N[C@@H]1CN2CCC1CC2)c1n[nH]c2ccc(OCCN3CCCC3)cc12. The Morgan fingerprint density at radius 1 is 1.21 bits per heavy atom. The van der Waals surface area contributed by atoms with Crippen molar-refractivity contribution < 1.29 is 9.53 Å². The molecule has 1 aromatic heterocycles. The van der Waals surface area contributed by atoms with Crippen LogP contribution in [-0.4, -0.2) is 77.8 Å². The van der Waals surface area contributed by atoms with E-state index in [-0.39, 0.29) is 11.9 Å². The minimum Gasteiger partial charge on any atom is -0.492 e. The van der Waals surface area contributed by atoms with E-state index in [0.717, 1.165) is 29.7 Å². The minimum atomic E-state index is -0.0841. The molecule has 2 N–H and O–H groups in total. The van der Waals surface area contributed by atoms with E-state index < -0.39 is 0 Å². The number of hydrogen-bond donors (Lipinski definition) is 2. The predicted octanol–water partition coefficient (Wildman–Crippen LogP) is 1.86. The number of ether oxygens (including phenoxy) is 1. The van der Waals surface area contributed by atoms with Crippen molar-refractivity contribution in [1.29, 1.82) is 0 Å². The van der Waals surface area contributed by atoms with Crippen LogP contribution < -0.4 is 10.1 Å². The number of carbonyl (C=O) groups is 1. The van der Waals surface area contributed by atoms with Crippen LogP contribution in [0.3, 0.4) is 0 Å². The van der Waals surface area contributed by atoms with E-state index in [2.05, 4.69) is 25.3 Å². The number of nitrogens with one attached hydrogen (secondary N) is 2. The van der Waals surface area contributed by atoms with Crippen molar-refractivity contribution in [2.45, 2.75) is 31.7 Å². The zero-order valence-electron chi connectivity index (χ0n) is 16.3. The number of nitrogens with zero attached hydrogens (tertiary/aromatic N) is 3. The van der Waals surface area contributed by atoms with Gasteiger partial charge in [0.05, 0.1) is 5.52 Å². The van der Waals surface area contributed by atoms with E-state index in [0.29, 0.717) is 18.2 Å². The van der Waals surface area contributed by atoms with Crippen LogP contribution in [0.4, 0.5) is 0 Å². The van der Waals surface area contributed by atoms with Crippen molar-refractivity contribution in [3.05, 3.63) is 23.9 Å². The van der Waals surface area contributed by atoms with Crippen LogP contribution in [-0.2, 0) is 0 Å². The second-order valence-corrected chi connectivity index (χ2v) is 8.39. The average molecular weight is 383 g/mol. The number of carbonyl (C=O) groups excluding carboxylic acids is 1. The molecule has 1 aromatic carbocycles. The molecular weight excluding hydrogens is 354 g/mol. The summed E-state index contributed by atoms with van der Waals surface area (Å²) in [5, 5.41) is 11.3. The lowest BCUT2D eigenvalue weighted by molar-refractivity contribution is 0.0618. The molecule has 7 heteroatoms. The first-order valence-corrected chi connectivity index (χ1v) is 10.6. The van der Waals surface area contributed by atoms with Crippen molar-refractivity contribution >= 4 is 16.8 Å². The molecule has 6 rings (SSSR count). The van der Waals surface area contributed by atoms with Crippen LogP contribution in [0.1, 0.15) is 36.2 Å². The Morgan fingerprint density at radius 3 is 2.79 bits per heavy atom. The Bertz CT molecular complexity index is 836. The normalized spacial score (nSPS) is 27.4. The van der Waals surface area contributed by atoms with Crippen molar-refractivity contribution in [2.75, 3.05) is 45.9 Å². The van der Waals surface area contributed by atoms with Gasteiger partial charge in [-0.15, -0.1) is 0 Å². The summed E-state index contributed by atoms with van der Waals surface area (Å²) in [4.78, 5) is 17.8. The Hall–Kier alpha value is -2.12. The number of amides is 1. The third kappa shape index (κ3) is 3.61. The van der Waals surface area contributed by atoms with Gasteiger partial charge in [0.1, 0.15) is 12.4 Å². The van der Waals surface area contributed by atoms with Gasteiger partial charge in [0.25, 0.3) is 5.91 Å². The number of likely N-dealkylation sites (tertiary alicyclic amines) is 1. The number of benzene rings is 1. The van der Waals surface area contributed by atoms with Crippen LogP contribution in [0.2, 0.25) is 0 Å². The fraction of sp³-hybridized carbons (Fsp3) is 0.619. The third-order valence-electron chi connectivity index (χ3n) is 6.60.